The van der Waals surface area contributed by atoms with E-state index in [2.05, 4.69) is 11.9 Å². The van der Waals surface area contributed by atoms with E-state index >= 15 is 0 Å². The molecule has 0 N–H and O–H groups in total. The molecule has 4 aromatic rings. The highest BCUT2D eigenvalue weighted by atomic mass is 32.1. The zero-order valence-electron chi connectivity index (χ0n) is 16.8. The van der Waals surface area contributed by atoms with Crippen LogP contribution < -0.4 is 14.8 Å². The van der Waals surface area contributed by atoms with Crippen molar-refractivity contribution in [1.82, 2.24) is 9.38 Å². The number of fused-ring (bicyclic) bond motifs is 3. The molecule has 29 heavy (non-hydrogen) atoms. The lowest BCUT2D eigenvalue weighted by Gasteiger charge is -2.06. The Bertz CT molecular complexity index is 1190. The second-order valence-corrected chi connectivity index (χ2v) is 8.33. The van der Waals surface area contributed by atoms with Crippen LogP contribution in [0.25, 0.3) is 22.1 Å². The number of rotatable bonds is 9. The number of hydrogen-bond acceptors (Lipinski definition) is 4. The first kappa shape index (κ1) is 19.6. The van der Waals surface area contributed by atoms with Crippen LogP contribution in [0.3, 0.4) is 0 Å². The van der Waals surface area contributed by atoms with Gasteiger partial charge in [-0.1, -0.05) is 74.6 Å². The maximum Gasteiger partial charge on any atom is 0.274 e. The summed E-state index contributed by atoms with van der Waals surface area (Å²) >= 11 is 1.43. The van der Waals surface area contributed by atoms with E-state index in [4.69, 9.17) is 4.74 Å². The van der Waals surface area contributed by atoms with E-state index < -0.39 is 0 Å². The summed E-state index contributed by atoms with van der Waals surface area (Å²) < 4.78 is 8.23. The minimum Gasteiger partial charge on any atom is -0.494 e. The molecule has 0 amide bonds. The Morgan fingerprint density at radius 3 is 2.59 bits per heavy atom. The fourth-order valence-corrected chi connectivity index (χ4v) is 4.48. The molecular formula is C24H26N2O2S. The molecule has 0 saturated carbocycles. The van der Waals surface area contributed by atoms with Crippen molar-refractivity contribution < 1.29 is 4.74 Å². The van der Waals surface area contributed by atoms with Gasteiger partial charge in [-0.05, 0) is 42.3 Å². The SMILES string of the molecule is CCCCCCCCOc1ccc(/C=c2\sc3nc4ccccc4n3c2=O)cc1. The van der Waals surface area contributed by atoms with Crippen molar-refractivity contribution in [2.24, 2.45) is 0 Å². The fourth-order valence-electron chi connectivity index (χ4n) is 3.50. The van der Waals surface area contributed by atoms with Crippen LogP contribution in [0.1, 0.15) is 51.0 Å². The van der Waals surface area contributed by atoms with Gasteiger partial charge in [0.05, 0.1) is 22.2 Å². The first-order valence-electron chi connectivity index (χ1n) is 10.4. The Balaban J connectivity index is 1.42. The van der Waals surface area contributed by atoms with Crippen molar-refractivity contribution in [2.75, 3.05) is 6.61 Å². The Morgan fingerprint density at radius 2 is 1.76 bits per heavy atom. The summed E-state index contributed by atoms with van der Waals surface area (Å²) in [6, 6.07) is 15.7. The van der Waals surface area contributed by atoms with Crippen molar-refractivity contribution in [3.05, 3.63) is 69.0 Å². The van der Waals surface area contributed by atoms with Crippen molar-refractivity contribution >= 4 is 33.4 Å². The third kappa shape index (κ3) is 4.51. The predicted molar refractivity (Wildman–Crippen MR) is 121 cm³/mol. The lowest BCUT2D eigenvalue weighted by atomic mass is 10.1. The molecule has 0 bridgehead atoms. The molecular weight excluding hydrogens is 380 g/mol. The molecule has 0 saturated heterocycles. The second kappa shape index (κ2) is 9.23. The Hall–Kier alpha value is -2.66. The minimum atomic E-state index is -0.0119. The summed E-state index contributed by atoms with van der Waals surface area (Å²) in [5.41, 5.74) is 2.70. The van der Waals surface area contributed by atoms with Crippen LogP contribution in [0, 0.1) is 0 Å². The van der Waals surface area contributed by atoms with Gasteiger partial charge < -0.3 is 4.74 Å². The van der Waals surface area contributed by atoms with E-state index in [1.54, 1.807) is 4.40 Å². The van der Waals surface area contributed by atoms with Crippen molar-refractivity contribution in [3.63, 3.8) is 0 Å². The topological polar surface area (TPSA) is 43.6 Å². The normalized spacial score (nSPS) is 12.2. The van der Waals surface area contributed by atoms with E-state index in [0.717, 1.165) is 40.3 Å². The molecule has 4 rings (SSSR count). The standard InChI is InChI=1S/C24H26N2O2S/c1-2-3-4-5-6-9-16-28-19-14-12-18(13-15-19)17-22-23(27)26-21-11-8-7-10-20(21)25-24(26)29-22/h7-8,10-15,17H,2-6,9,16H2,1H3/b22-17-. The number of para-hydroxylation sites is 2. The number of benzene rings is 2. The zero-order valence-corrected chi connectivity index (χ0v) is 17.6. The number of imidazole rings is 1. The predicted octanol–water partition coefficient (Wildman–Crippen LogP) is 5.20. The quantitative estimate of drug-likeness (QED) is 0.359. The number of unbranched alkanes of at least 4 members (excludes halogenated alkanes) is 5. The molecule has 0 spiro atoms. The summed E-state index contributed by atoms with van der Waals surface area (Å²) in [4.78, 5) is 18.1. The van der Waals surface area contributed by atoms with Crippen LogP contribution in [0.5, 0.6) is 5.75 Å². The first-order chi connectivity index (χ1) is 14.3. The lowest BCUT2D eigenvalue weighted by Crippen LogP contribution is -2.22. The molecule has 2 aromatic heterocycles. The first-order valence-corrected chi connectivity index (χ1v) is 11.2. The summed E-state index contributed by atoms with van der Waals surface area (Å²) in [7, 11) is 0. The maximum absolute atomic E-state index is 12.8. The third-order valence-electron chi connectivity index (χ3n) is 5.09. The molecule has 0 aliphatic carbocycles. The number of hydrogen-bond donors (Lipinski definition) is 0. The fraction of sp³-hybridized carbons (Fsp3) is 0.333. The highest BCUT2D eigenvalue weighted by Gasteiger charge is 2.10. The van der Waals surface area contributed by atoms with Gasteiger partial charge in [-0.3, -0.25) is 4.79 Å². The molecule has 0 aliphatic rings. The van der Waals surface area contributed by atoms with Crippen molar-refractivity contribution in [1.29, 1.82) is 0 Å². The molecule has 2 aromatic carbocycles. The number of ether oxygens (including phenoxy) is 1. The molecule has 2 heterocycles. The summed E-state index contributed by atoms with van der Waals surface area (Å²) in [5.74, 6) is 0.880. The Kier molecular flexibility index (Phi) is 6.25. The van der Waals surface area contributed by atoms with E-state index in [0.29, 0.717) is 4.53 Å². The number of thiazole rings is 1. The van der Waals surface area contributed by atoms with E-state index in [1.807, 2.05) is 54.6 Å². The van der Waals surface area contributed by atoms with Crippen LogP contribution in [0.15, 0.2) is 53.3 Å². The molecule has 150 valence electrons. The van der Waals surface area contributed by atoms with Gasteiger partial charge in [0, 0.05) is 0 Å². The van der Waals surface area contributed by atoms with Crippen molar-refractivity contribution in [3.8, 4) is 5.75 Å². The van der Waals surface area contributed by atoms with Gasteiger partial charge in [0.25, 0.3) is 5.56 Å². The van der Waals surface area contributed by atoms with E-state index in [9.17, 15) is 4.79 Å². The third-order valence-corrected chi connectivity index (χ3v) is 6.06. The van der Waals surface area contributed by atoms with Crippen LogP contribution in [-0.2, 0) is 0 Å². The van der Waals surface area contributed by atoms with Gasteiger partial charge >= 0.3 is 0 Å². The number of aromatic nitrogens is 2. The van der Waals surface area contributed by atoms with Gasteiger partial charge in [0.1, 0.15) is 5.75 Å². The van der Waals surface area contributed by atoms with Gasteiger partial charge in [-0.25, -0.2) is 9.38 Å². The summed E-state index contributed by atoms with van der Waals surface area (Å²) in [6.07, 6.45) is 9.48. The van der Waals surface area contributed by atoms with E-state index in [1.165, 1.54) is 43.4 Å². The molecule has 0 aliphatic heterocycles. The van der Waals surface area contributed by atoms with Crippen molar-refractivity contribution in [2.45, 2.75) is 45.4 Å². The van der Waals surface area contributed by atoms with Crippen LogP contribution in [-0.4, -0.2) is 16.0 Å². The van der Waals surface area contributed by atoms with Gasteiger partial charge in [0.2, 0.25) is 0 Å². The van der Waals surface area contributed by atoms with Crippen LogP contribution in [0.4, 0.5) is 0 Å². The second-order valence-electron chi connectivity index (χ2n) is 7.32. The Morgan fingerprint density at radius 1 is 1.00 bits per heavy atom. The molecule has 0 fully saturated rings. The largest absolute Gasteiger partial charge is 0.494 e. The van der Waals surface area contributed by atoms with Crippen LogP contribution >= 0.6 is 11.3 Å². The number of nitrogens with zero attached hydrogens (tertiary/aromatic N) is 2. The lowest BCUT2D eigenvalue weighted by molar-refractivity contribution is 0.304. The molecule has 4 nitrogen and oxygen atoms in total. The smallest absolute Gasteiger partial charge is 0.274 e. The molecule has 0 unspecified atom stereocenters. The summed E-state index contributed by atoms with van der Waals surface area (Å²) in [5, 5.41) is 0. The van der Waals surface area contributed by atoms with Crippen LogP contribution in [0.2, 0.25) is 0 Å². The van der Waals surface area contributed by atoms with E-state index in [-0.39, 0.29) is 5.56 Å². The zero-order chi connectivity index (χ0) is 20.1. The molecule has 0 atom stereocenters. The van der Waals surface area contributed by atoms with Gasteiger partial charge in [0.15, 0.2) is 4.96 Å². The summed E-state index contributed by atoms with van der Waals surface area (Å²) in [6.45, 7) is 3.00. The highest BCUT2D eigenvalue weighted by Crippen LogP contribution is 2.17. The molecule has 0 radical (unpaired) electrons. The van der Waals surface area contributed by atoms with Gasteiger partial charge in [-0.2, -0.15) is 0 Å². The average Bonchev–Trinajstić information content (AvgIpc) is 3.25. The van der Waals surface area contributed by atoms with Gasteiger partial charge in [-0.15, -0.1) is 0 Å². The Labute approximate surface area is 174 Å². The molecule has 5 heteroatoms. The maximum atomic E-state index is 12.8. The highest BCUT2D eigenvalue weighted by molar-refractivity contribution is 7.15. The average molecular weight is 407 g/mol. The monoisotopic (exact) mass is 406 g/mol. The minimum absolute atomic E-state index is 0.0119.